The van der Waals surface area contributed by atoms with Gasteiger partial charge in [-0.05, 0) is 24.5 Å². The molecule has 0 saturated carbocycles. The SMILES string of the molecule is OCCCc1cn(Cc2ccccc2C(F)(F)F)nn1. The van der Waals surface area contributed by atoms with E-state index in [4.69, 9.17) is 5.11 Å². The van der Waals surface area contributed by atoms with Crippen molar-refractivity contribution in [3.63, 3.8) is 0 Å². The van der Waals surface area contributed by atoms with Gasteiger partial charge in [-0.2, -0.15) is 13.2 Å². The Hall–Kier alpha value is -1.89. The van der Waals surface area contributed by atoms with Crippen molar-refractivity contribution in [2.45, 2.75) is 25.6 Å². The molecule has 0 radical (unpaired) electrons. The Balaban J connectivity index is 2.16. The molecule has 1 aromatic heterocycles. The van der Waals surface area contributed by atoms with Gasteiger partial charge in [0, 0.05) is 12.8 Å². The molecule has 0 aliphatic heterocycles. The van der Waals surface area contributed by atoms with Crippen molar-refractivity contribution in [1.29, 1.82) is 0 Å². The molecule has 0 saturated heterocycles. The minimum atomic E-state index is -4.38. The summed E-state index contributed by atoms with van der Waals surface area (Å²) in [6.07, 6.45) is -1.67. The molecule has 2 rings (SSSR count). The van der Waals surface area contributed by atoms with Crippen molar-refractivity contribution in [3.05, 3.63) is 47.3 Å². The second-order valence-corrected chi connectivity index (χ2v) is 4.39. The second-order valence-electron chi connectivity index (χ2n) is 4.39. The summed E-state index contributed by atoms with van der Waals surface area (Å²) in [5.74, 6) is 0. The highest BCUT2D eigenvalue weighted by atomic mass is 19.4. The molecule has 0 aliphatic rings. The zero-order valence-corrected chi connectivity index (χ0v) is 10.6. The number of hydrogen-bond donors (Lipinski definition) is 1. The van der Waals surface area contributed by atoms with Crippen LogP contribution in [0.2, 0.25) is 0 Å². The molecule has 0 fully saturated rings. The third-order valence-electron chi connectivity index (χ3n) is 2.83. The van der Waals surface area contributed by atoms with Gasteiger partial charge in [0.05, 0.1) is 17.8 Å². The highest BCUT2D eigenvalue weighted by Crippen LogP contribution is 2.32. The first-order chi connectivity index (χ1) is 9.50. The number of aliphatic hydroxyl groups is 1. The van der Waals surface area contributed by atoms with Gasteiger partial charge in [0.1, 0.15) is 0 Å². The van der Waals surface area contributed by atoms with Crippen LogP contribution in [-0.2, 0) is 19.1 Å². The first kappa shape index (κ1) is 14.5. The van der Waals surface area contributed by atoms with E-state index < -0.39 is 11.7 Å². The van der Waals surface area contributed by atoms with E-state index in [1.807, 2.05) is 0 Å². The molecule has 20 heavy (non-hydrogen) atoms. The molecule has 0 atom stereocenters. The maximum absolute atomic E-state index is 12.8. The van der Waals surface area contributed by atoms with Crippen molar-refractivity contribution < 1.29 is 18.3 Å². The fourth-order valence-electron chi connectivity index (χ4n) is 1.90. The summed E-state index contributed by atoms with van der Waals surface area (Å²) < 4.78 is 39.9. The Kier molecular flexibility index (Phi) is 4.39. The van der Waals surface area contributed by atoms with E-state index >= 15 is 0 Å². The van der Waals surface area contributed by atoms with Gasteiger partial charge in [-0.25, -0.2) is 4.68 Å². The third-order valence-corrected chi connectivity index (χ3v) is 2.83. The Morgan fingerprint density at radius 2 is 1.95 bits per heavy atom. The molecule has 0 spiro atoms. The topological polar surface area (TPSA) is 50.9 Å². The molecule has 1 aromatic carbocycles. The summed E-state index contributed by atoms with van der Waals surface area (Å²) >= 11 is 0. The molecule has 108 valence electrons. The third kappa shape index (κ3) is 3.57. The Bertz CT molecular complexity index is 566. The van der Waals surface area contributed by atoms with Gasteiger partial charge in [-0.3, -0.25) is 0 Å². The van der Waals surface area contributed by atoms with E-state index in [1.165, 1.54) is 16.8 Å². The standard InChI is InChI=1S/C13H14F3N3O/c14-13(15,16)12-6-2-1-4-10(12)8-19-9-11(17-18-19)5-3-7-20/h1-2,4,6,9,20H,3,5,7-8H2. The number of rotatable bonds is 5. The lowest BCUT2D eigenvalue weighted by atomic mass is 10.1. The van der Waals surface area contributed by atoms with Crippen molar-refractivity contribution in [3.8, 4) is 0 Å². The molecule has 4 nitrogen and oxygen atoms in total. The van der Waals surface area contributed by atoms with Gasteiger partial charge in [-0.1, -0.05) is 23.4 Å². The zero-order chi connectivity index (χ0) is 14.6. The number of hydrogen-bond acceptors (Lipinski definition) is 3. The maximum Gasteiger partial charge on any atom is 0.416 e. The number of nitrogens with zero attached hydrogens (tertiary/aromatic N) is 3. The molecule has 0 amide bonds. The van der Waals surface area contributed by atoms with Crippen LogP contribution in [-0.4, -0.2) is 26.7 Å². The highest BCUT2D eigenvalue weighted by Gasteiger charge is 2.32. The minimum Gasteiger partial charge on any atom is -0.396 e. The summed E-state index contributed by atoms with van der Waals surface area (Å²) in [5, 5.41) is 16.4. The molecule has 0 unspecified atom stereocenters. The van der Waals surface area contributed by atoms with Gasteiger partial charge in [0.2, 0.25) is 0 Å². The number of alkyl halides is 3. The average Bonchev–Trinajstić information content (AvgIpc) is 2.83. The van der Waals surface area contributed by atoms with Crippen LogP contribution in [0.15, 0.2) is 30.5 Å². The van der Waals surface area contributed by atoms with E-state index in [0.29, 0.717) is 18.5 Å². The predicted octanol–water partition coefficient (Wildman–Crippen LogP) is 2.27. The second kappa shape index (κ2) is 6.04. The average molecular weight is 285 g/mol. The van der Waals surface area contributed by atoms with Gasteiger partial charge in [-0.15, -0.1) is 5.10 Å². The lowest BCUT2D eigenvalue weighted by Gasteiger charge is -2.12. The monoisotopic (exact) mass is 285 g/mol. The van der Waals surface area contributed by atoms with E-state index in [1.54, 1.807) is 12.3 Å². The van der Waals surface area contributed by atoms with E-state index in [-0.39, 0.29) is 18.7 Å². The minimum absolute atomic E-state index is 0.0157. The number of aromatic nitrogens is 3. The van der Waals surface area contributed by atoms with Crippen LogP contribution in [0.25, 0.3) is 0 Å². The van der Waals surface area contributed by atoms with Gasteiger partial charge >= 0.3 is 6.18 Å². The number of benzene rings is 1. The molecule has 1 N–H and O–H groups in total. The molecular formula is C13H14F3N3O. The molecular weight excluding hydrogens is 271 g/mol. The van der Waals surface area contributed by atoms with Crippen LogP contribution in [0, 0.1) is 0 Å². The number of aryl methyl sites for hydroxylation is 1. The number of halogens is 3. The fourth-order valence-corrected chi connectivity index (χ4v) is 1.90. The lowest BCUT2D eigenvalue weighted by molar-refractivity contribution is -0.138. The predicted molar refractivity (Wildman–Crippen MR) is 66.0 cm³/mol. The van der Waals surface area contributed by atoms with Crippen molar-refractivity contribution in [1.82, 2.24) is 15.0 Å². The van der Waals surface area contributed by atoms with E-state index in [9.17, 15) is 13.2 Å². The summed E-state index contributed by atoms with van der Waals surface area (Å²) in [4.78, 5) is 0. The van der Waals surface area contributed by atoms with Crippen LogP contribution in [0.1, 0.15) is 23.2 Å². The number of aliphatic hydroxyl groups excluding tert-OH is 1. The largest absolute Gasteiger partial charge is 0.416 e. The van der Waals surface area contributed by atoms with Crippen molar-refractivity contribution in [2.24, 2.45) is 0 Å². The van der Waals surface area contributed by atoms with Crippen LogP contribution in [0.3, 0.4) is 0 Å². The summed E-state index contributed by atoms with van der Waals surface area (Å²) in [7, 11) is 0. The van der Waals surface area contributed by atoms with Crippen molar-refractivity contribution in [2.75, 3.05) is 6.61 Å². The summed E-state index contributed by atoms with van der Waals surface area (Å²) in [6.45, 7) is 0.0611. The van der Waals surface area contributed by atoms with Crippen LogP contribution in [0.4, 0.5) is 13.2 Å². The summed E-state index contributed by atoms with van der Waals surface area (Å²) in [6, 6.07) is 5.41. The van der Waals surface area contributed by atoms with Gasteiger partial charge in [0.15, 0.2) is 0 Å². The Labute approximate surface area is 113 Å². The molecule has 7 heteroatoms. The molecule has 2 aromatic rings. The quantitative estimate of drug-likeness (QED) is 0.917. The van der Waals surface area contributed by atoms with Gasteiger partial charge < -0.3 is 5.11 Å². The smallest absolute Gasteiger partial charge is 0.396 e. The van der Waals surface area contributed by atoms with E-state index in [2.05, 4.69) is 10.3 Å². The molecule has 1 heterocycles. The first-order valence-corrected chi connectivity index (χ1v) is 6.15. The van der Waals surface area contributed by atoms with Gasteiger partial charge in [0.25, 0.3) is 0 Å². The zero-order valence-electron chi connectivity index (χ0n) is 10.6. The Morgan fingerprint density at radius 1 is 1.20 bits per heavy atom. The van der Waals surface area contributed by atoms with Crippen LogP contribution < -0.4 is 0 Å². The van der Waals surface area contributed by atoms with E-state index in [0.717, 1.165) is 6.07 Å². The molecule has 0 bridgehead atoms. The highest BCUT2D eigenvalue weighted by molar-refractivity contribution is 5.29. The van der Waals surface area contributed by atoms with Crippen molar-refractivity contribution >= 4 is 0 Å². The normalized spacial score (nSPS) is 11.8. The summed E-state index contributed by atoms with van der Waals surface area (Å²) in [5.41, 5.74) is 0.148. The fraction of sp³-hybridized carbons (Fsp3) is 0.385. The first-order valence-electron chi connectivity index (χ1n) is 6.15. The Morgan fingerprint density at radius 3 is 2.65 bits per heavy atom. The van der Waals surface area contributed by atoms with Crippen LogP contribution in [0.5, 0.6) is 0 Å². The molecule has 0 aliphatic carbocycles. The maximum atomic E-state index is 12.8. The van der Waals surface area contributed by atoms with Crippen LogP contribution >= 0.6 is 0 Å². The lowest BCUT2D eigenvalue weighted by Crippen LogP contribution is -2.11.